The van der Waals surface area contributed by atoms with Crippen molar-refractivity contribution in [2.45, 2.75) is 39.4 Å². The summed E-state index contributed by atoms with van der Waals surface area (Å²) in [4.78, 5) is 2.81. The fourth-order valence-electron chi connectivity index (χ4n) is 3.76. The Morgan fingerprint density at radius 3 is 1.81 bits per heavy atom. The summed E-state index contributed by atoms with van der Waals surface area (Å²) < 4.78 is 70.8. The van der Waals surface area contributed by atoms with Crippen molar-refractivity contribution < 1.29 is 22.0 Å². The van der Waals surface area contributed by atoms with Crippen LogP contribution in [-0.2, 0) is 0 Å². The third-order valence-electron chi connectivity index (χ3n) is 4.71. The van der Waals surface area contributed by atoms with Crippen LogP contribution < -0.4 is 9.80 Å². The summed E-state index contributed by atoms with van der Waals surface area (Å²) in [5.74, 6) is -4.64. The molecule has 2 nitrogen and oxygen atoms in total. The minimum absolute atomic E-state index is 0.126. The molecule has 0 radical (unpaired) electrons. The molecule has 0 spiro atoms. The third kappa shape index (κ3) is 2.89. The summed E-state index contributed by atoms with van der Waals surface area (Å²) in [6.07, 6.45) is -0.758. The van der Waals surface area contributed by atoms with Gasteiger partial charge in [0.1, 0.15) is 28.8 Å². The Morgan fingerprint density at radius 2 is 1.31 bits per heavy atom. The third-order valence-corrected chi connectivity index (χ3v) is 4.71. The fraction of sp³-hybridized carbons (Fsp3) is 0.368. The number of hydrogen-bond acceptors (Lipinski definition) is 2. The van der Waals surface area contributed by atoms with Crippen LogP contribution in [0.4, 0.5) is 33.3 Å². The summed E-state index contributed by atoms with van der Waals surface area (Å²) in [7, 11) is 0. The van der Waals surface area contributed by atoms with E-state index >= 15 is 0 Å². The van der Waals surface area contributed by atoms with Crippen LogP contribution in [0.3, 0.4) is 0 Å². The van der Waals surface area contributed by atoms with Crippen molar-refractivity contribution in [2.24, 2.45) is 0 Å². The van der Waals surface area contributed by atoms with Crippen molar-refractivity contribution in [3.63, 3.8) is 0 Å². The highest BCUT2D eigenvalue weighted by molar-refractivity contribution is 5.62. The molecule has 1 saturated heterocycles. The maximum Gasteiger partial charge on any atom is 0.152 e. The molecule has 1 unspecified atom stereocenters. The Morgan fingerprint density at radius 1 is 0.846 bits per heavy atom. The van der Waals surface area contributed by atoms with Crippen molar-refractivity contribution >= 4 is 11.4 Å². The molecule has 0 aromatic heterocycles. The lowest BCUT2D eigenvalue weighted by Gasteiger charge is -2.36. The highest BCUT2D eigenvalue weighted by Gasteiger charge is 2.46. The molecule has 0 N–H and O–H groups in total. The molecule has 1 aliphatic heterocycles. The normalized spacial score (nSPS) is 19.3. The molecule has 2 aromatic carbocycles. The highest BCUT2D eigenvalue weighted by Crippen LogP contribution is 2.41. The monoisotopic (exact) mass is 370 g/mol. The summed E-state index contributed by atoms with van der Waals surface area (Å²) in [5.41, 5.74) is -1.09. The number of hydrogen-bond donors (Lipinski definition) is 0. The SMILES string of the molecule is Cc1cc(F)c(N2CC(C)(C)N(c3c(F)cc(F)cc3F)C2C)c(F)c1. The van der Waals surface area contributed by atoms with Gasteiger partial charge in [0.2, 0.25) is 0 Å². The quantitative estimate of drug-likeness (QED) is 0.676. The molecule has 7 heteroatoms. The zero-order valence-corrected chi connectivity index (χ0v) is 14.9. The Labute approximate surface area is 148 Å². The molecule has 1 atom stereocenters. The van der Waals surface area contributed by atoms with Gasteiger partial charge in [0.05, 0.1) is 11.7 Å². The van der Waals surface area contributed by atoms with Crippen LogP contribution in [0.2, 0.25) is 0 Å². The van der Waals surface area contributed by atoms with Crippen molar-refractivity contribution in [2.75, 3.05) is 16.3 Å². The lowest BCUT2D eigenvalue weighted by Crippen LogP contribution is -2.45. The molecule has 0 bridgehead atoms. The van der Waals surface area contributed by atoms with Crippen LogP contribution in [0.1, 0.15) is 26.3 Å². The van der Waals surface area contributed by atoms with E-state index in [1.807, 2.05) is 0 Å². The predicted molar refractivity (Wildman–Crippen MR) is 90.8 cm³/mol. The Balaban J connectivity index is 2.12. The van der Waals surface area contributed by atoms with Gasteiger partial charge in [0, 0.05) is 18.7 Å². The van der Waals surface area contributed by atoms with Crippen molar-refractivity contribution in [3.05, 3.63) is 58.9 Å². The molecule has 0 aliphatic carbocycles. The molecule has 1 fully saturated rings. The van der Waals surface area contributed by atoms with Crippen LogP contribution in [0, 0.1) is 36.0 Å². The lowest BCUT2D eigenvalue weighted by atomic mass is 10.0. The first-order valence-corrected chi connectivity index (χ1v) is 8.19. The van der Waals surface area contributed by atoms with Gasteiger partial charge in [-0.05, 0) is 45.4 Å². The standard InChI is InChI=1S/C19H19F5N2/c1-10-5-13(21)17(14(22)6-10)25-9-19(3,4)26(11(25)2)18-15(23)7-12(20)8-16(18)24/h5-8,11H,9H2,1-4H3. The van der Waals surface area contributed by atoms with E-state index in [0.29, 0.717) is 17.7 Å². The number of halogens is 5. The lowest BCUT2D eigenvalue weighted by molar-refractivity contribution is 0.486. The number of nitrogens with zero attached hydrogens (tertiary/aromatic N) is 2. The second-order valence-electron chi connectivity index (χ2n) is 7.24. The van der Waals surface area contributed by atoms with Gasteiger partial charge in [-0.15, -0.1) is 0 Å². The molecule has 0 amide bonds. The maximum atomic E-state index is 14.4. The maximum absolute atomic E-state index is 14.4. The van der Waals surface area contributed by atoms with Crippen LogP contribution in [0.25, 0.3) is 0 Å². The number of benzene rings is 2. The van der Waals surface area contributed by atoms with Crippen LogP contribution in [-0.4, -0.2) is 18.2 Å². The second-order valence-corrected chi connectivity index (χ2v) is 7.24. The second kappa shape index (κ2) is 6.14. The Hall–Kier alpha value is -2.31. The van der Waals surface area contributed by atoms with Gasteiger partial charge in [-0.25, -0.2) is 22.0 Å². The van der Waals surface area contributed by atoms with Gasteiger partial charge < -0.3 is 9.80 Å². The largest absolute Gasteiger partial charge is 0.344 e. The van der Waals surface area contributed by atoms with E-state index in [1.165, 1.54) is 21.9 Å². The highest BCUT2D eigenvalue weighted by atomic mass is 19.2. The van der Waals surface area contributed by atoms with Crippen molar-refractivity contribution in [1.82, 2.24) is 0 Å². The van der Waals surface area contributed by atoms with E-state index in [1.54, 1.807) is 27.7 Å². The van der Waals surface area contributed by atoms with E-state index in [4.69, 9.17) is 0 Å². The summed E-state index contributed by atoms with van der Waals surface area (Å²) >= 11 is 0. The Kier molecular flexibility index (Phi) is 4.37. The average Bonchev–Trinajstić information content (AvgIpc) is 2.69. The summed E-state index contributed by atoms with van der Waals surface area (Å²) in [6.45, 7) is 6.70. The molecule has 3 rings (SSSR count). The Bertz CT molecular complexity index is 819. The van der Waals surface area contributed by atoms with E-state index in [2.05, 4.69) is 0 Å². The molecule has 2 aromatic rings. The average molecular weight is 370 g/mol. The van der Waals surface area contributed by atoms with E-state index < -0.39 is 46.5 Å². The van der Waals surface area contributed by atoms with Gasteiger partial charge in [-0.3, -0.25) is 0 Å². The molecule has 1 heterocycles. The van der Waals surface area contributed by atoms with Crippen molar-refractivity contribution in [3.8, 4) is 0 Å². The molecule has 140 valence electrons. The first kappa shape index (κ1) is 18.5. The fourth-order valence-corrected chi connectivity index (χ4v) is 3.76. The zero-order valence-electron chi connectivity index (χ0n) is 14.9. The molecule has 1 aliphatic rings. The summed E-state index contributed by atoms with van der Waals surface area (Å²) in [5, 5.41) is 0. The number of anilines is 2. The molecular formula is C19H19F5N2. The topological polar surface area (TPSA) is 6.48 Å². The minimum Gasteiger partial charge on any atom is -0.344 e. The van der Waals surface area contributed by atoms with Crippen LogP contribution >= 0.6 is 0 Å². The van der Waals surface area contributed by atoms with E-state index in [0.717, 1.165) is 0 Å². The molecular weight excluding hydrogens is 351 g/mol. The smallest absolute Gasteiger partial charge is 0.152 e. The van der Waals surface area contributed by atoms with E-state index in [-0.39, 0.29) is 12.2 Å². The predicted octanol–water partition coefficient (Wildman–Crippen LogP) is 5.14. The summed E-state index contributed by atoms with van der Waals surface area (Å²) in [6, 6.07) is 3.60. The van der Waals surface area contributed by atoms with Crippen LogP contribution in [0.15, 0.2) is 24.3 Å². The minimum atomic E-state index is -1.06. The number of aryl methyl sites for hydroxylation is 1. The van der Waals surface area contributed by atoms with Gasteiger partial charge in [-0.1, -0.05) is 0 Å². The van der Waals surface area contributed by atoms with Gasteiger partial charge in [0.25, 0.3) is 0 Å². The van der Waals surface area contributed by atoms with Gasteiger partial charge >= 0.3 is 0 Å². The number of rotatable bonds is 2. The molecule has 26 heavy (non-hydrogen) atoms. The first-order chi connectivity index (χ1) is 12.0. The van der Waals surface area contributed by atoms with Crippen molar-refractivity contribution in [1.29, 1.82) is 0 Å². The zero-order chi connectivity index (χ0) is 19.4. The van der Waals surface area contributed by atoms with Gasteiger partial charge in [-0.2, -0.15) is 0 Å². The van der Waals surface area contributed by atoms with Crippen LogP contribution in [0.5, 0.6) is 0 Å². The van der Waals surface area contributed by atoms with Gasteiger partial charge in [0.15, 0.2) is 11.6 Å². The first-order valence-electron chi connectivity index (χ1n) is 8.19. The molecule has 0 saturated carbocycles. The van der Waals surface area contributed by atoms with E-state index in [9.17, 15) is 22.0 Å².